The van der Waals surface area contributed by atoms with E-state index in [-0.39, 0.29) is 12.5 Å². The van der Waals surface area contributed by atoms with Gasteiger partial charge in [-0.25, -0.2) is 0 Å². The van der Waals surface area contributed by atoms with Crippen LogP contribution in [-0.4, -0.2) is 35.6 Å². The Kier molecular flexibility index (Phi) is 4.96. The Balaban J connectivity index is 2.90. The van der Waals surface area contributed by atoms with Crippen LogP contribution in [0, 0.1) is 6.92 Å². The number of aliphatic hydroxyl groups is 1. The van der Waals surface area contributed by atoms with Gasteiger partial charge >= 0.3 is 0 Å². The standard InChI is InChI=1S/C12H16BrNO2/c1-3-14(6-7-15)12(16)10-5-4-9(2)11(13)8-10/h4-5,8,15H,3,6-7H2,1-2H3. The first-order chi connectivity index (χ1) is 7.60. The first-order valence-electron chi connectivity index (χ1n) is 5.26. The summed E-state index contributed by atoms with van der Waals surface area (Å²) in [5.41, 5.74) is 1.74. The normalized spacial score (nSPS) is 10.2. The van der Waals surface area contributed by atoms with Crippen molar-refractivity contribution in [1.29, 1.82) is 0 Å². The van der Waals surface area contributed by atoms with Gasteiger partial charge in [0.15, 0.2) is 0 Å². The molecule has 88 valence electrons. The Morgan fingerprint density at radius 3 is 2.69 bits per heavy atom. The van der Waals surface area contributed by atoms with Gasteiger partial charge in [0.05, 0.1) is 6.61 Å². The van der Waals surface area contributed by atoms with E-state index >= 15 is 0 Å². The third kappa shape index (κ3) is 3.06. The van der Waals surface area contributed by atoms with Crippen molar-refractivity contribution in [3.8, 4) is 0 Å². The number of benzene rings is 1. The molecule has 1 N–H and O–H groups in total. The number of hydrogen-bond acceptors (Lipinski definition) is 2. The number of carbonyl (C=O) groups is 1. The SMILES string of the molecule is CCN(CCO)C(=O)c1ccc(C)c(Br)c1. The van der Waals surface area contributed by atoms with Gasteiger partial charge in [0.25, 0.3) is 5.91 Å². The van der Waals surface area contributed by atoms with E-state index in [1.54, 1.807) is 4.90 Å². The van der Waals surface area contributed by atoms with Gasteiger partial charge in [-0.1, -0.05) is 22.0 Å². The third-order valence-corrected chi connectivity index (χ3v) is 3.31. The quantitative estimate of drug-likeness (QED) is 0.922. The molecular weight excluding hydrogens is 270 g/mol. The van der Waals surface area contributed by atoms with Crippen LogP contribution >= 0.6 is 15.9 Å². The Hall–Kier alpha value is -0.870. The number of aryl methyl sites for hydroxylation is 1. The van der Waals surface area contributed by atoms with E-state index in [1.807, 2.05) is 32.0 Å². The Labute approximate surface area is 104 Å². The molecule has 0 unspecified atom stereocenters. The van der Waals surface area contributed by atoms with Crippen molar-refractivity contribution < 1.29 is 9.90 Å². The van der Waals surface area contributed by atoms with Crippen molar-refractivity contribution in [2.24, 2.45) is 0 Å². The number of rotatable bonds is 4. The molecule has 0 heterocycles. The minimum atomic E-state index is -0.0442. The van der Waals surface area contributed by atoms with Crippen molar-refractivity contribution in [1.82, 2.24) is 4.90 Å². The summed E-state index contributed by atoms with van der Waals surface area (Å²) in [6, 6.07) is 5.53. The summed E-state index contributed by atoms with van der Waals surface area (Å²) < 4.78 is 0.929. The highest BCUT2D eigenvalue weighted by molar-refractivity contribution is 9.10. The number of halogens is 1. The molecule has 16 heavy (non-hydrogen) atoms. The molecular formula is C12H16BrNO2. The molecule has 1 aromatic rings. The molecule has 4 heteroatoms. The molecule has 0 aliphatic rings. The summed E-state index contributed by atoms with van der Waals surface area (Å²) in [6.07, 6.45) is 0. The lowest BCUT2D eigenvalue weighted by molar-refractivity contribution is 0.0732. The molecule has 0 aliphatic carbocycles. The largest absolute Gasteiger partial charge is 0.395 e. The molecule has 1 amide bonds. The molecule has 0 radical (unpaired) electrons. The predicted octanol–water partition coefficient (Wildman–Crippen LogP) is 2.21. The molecule has 1 aromatic carbocycles. The predicted molar refractivity (Wildman–Crippen MR) is 67.5 cm³/mol. The molecule has 0 saturated heterocycles. The third-order valence-electron chi connectivity index (χ3n) is 2.46. The molecule has 0 saturated carbocycles. The second-order valence-corrected chi connectivity index (χ2v) is 4.43. The molecule has 3 nitrogen and oxygen atoms in total. The highest BCUT2D eigenvalue weighted by Crippen LogP contribution is 2.18. The van der Waals surface area contributed by atoms with Crippen LogP contribution < -0.4 is 0 Å². The smallest absolute Gasteiger partial charge is 0.253 e. The molecule has 0 aliphatic heterocycles. The first-order valence-corrected chi connectivity index (χ1v) is 6.05. The summed E-state index contributed by atoms with van der Waals surface area (Å²) in [5, 5.41) is 8.86. The number of nitrogens with zero attached hydrogens (tertiary/aromatic N) is 1. The Morgan fingerprint density at radius 1 is 1.50 bits per heavy atom. The number of likely N-dealkylation sites (N-methyl/N-ethyl adjacent to an activating group) is 1. The van der Waals surface area contributed by atoms with Crippen molar-refractivity contribution in [3.63, 3.8) is 0 Å². The minimum Gasteiger partial charge on any atom is -0.395 e. The molecule has 0 fully saturated rings. The van der Waals surface area contributed by atoms with Crippen LogP contribution in [0.1, 0.15) is 22.8 Å². The second-order valence-electron chi connectivity index (χ2n) is 3.57. The lowest BCUT2D eigenvalue weighted by atomic mass is 10.1. The molecule has 1 rings (SSSR count). The maximum absolute atomic E-state index is 12.0. The van der Waals surface area contributed by atoms with Gasteiger partial charge in [-0.2, -0.15) is 0 Å². The van der Waals surface area contributed by atoms with Crippen LogP contribution in [0.15, 0.2) is 22.7 Å². The molecule has 0 atom stereocenters. The highest BCUT2D eigenvalue weighted by atomic mass is 79.9. The van der Waals surface area contributed by atoms with Crippen molar-refractivity contribution in [3.05, 3.63) is 33.8 Å². The van der Waals surface area contributed by atoms with Crippen LogP contribution in [0.4, 0.5) is 0 Å². The summed E-state index contributed by atoms with van der Waals surface area (Å²) >= 11 is 3.40. The van der Waals surface area contributed by atoms with Gasteiger partial charge in [-0.3, -0.25) is 4.79 Å². The van der Waals surface area contributed by atoms with Gasteiger partial charge in [0, 0.05) is 23.1 Å². The van der Waals surface area contributed by atoms with Gasteiger partial charge < -0.3 is 10.0 Å². The average molecular weight is 286 g/mol. The summed E-state index contributed by atoms with van der Waals surface area (Å²) in [5.74, 6) is -0.0442. The second kappa shape index (κ2) is 6.01. The number of hydrogen-bond donors (Lipinski definition) is 1. The fraction of sp³-hybridized carbons (Fsp3) is 0.417. The van der Waals surface area contributed by atoms with Crippen molar-refractivity contribution in [2.45, 2.75) is 13.8 Å². The van der Waals surface area contributed by atoms with E-state index in [9.17, 15) is 4.79 Å². The van der Waals surface area contributed by atoms with Crippen LogP contribution in [0.25, 0.3) is 0 Å². The van der Waals surface area contributed by atoms with E-state index in [4.69, 9.17) is 5.11 Å². The van der Waals surface area contributed by atoms with E-state index in [0.29, 0.717) is 18.7 Å². The topological polar surface area (TPSA) is 40.5 Å². The molecule has 0 aromatic heterocycles. The van der Waals surface area contributed by atoms with Crippen LogP contribution in [0.3, 0.4) is 0 Å². The molecule has 0 spiro atoms. The van der Waals surface area contributed by atoms with E-state index in [2.05, 4.69) is 15.9 Å². The fourth-order valence-electron chi connectivity index (χ4n) is 1.43. The summed E-state index contributed by atoms with van der Waals surface area (Å²) in [6.45, 7) is 4.85. The van der Waals surface area contributed by atoms with Crippen molar-refractivity contribution in [2.75, 3.05) is 19.7 Å². The number of aliphatic hydroxyl groups excluding tert-OH is 1. The van der Waals surface area contributed by atoms with E-state index in [0.717, 1.165) is 10.0 Å². The van der Waals surface area contributed by atoms with Crippen LogP contribution in [-0.2, 0) is 0 Å². The molecule has 0 bridgehead atoms. The van der Waals surface area contributed by atoms with Gasteiger partial charge in [-0.15, -0.1) is 0 Å². The van der Waals surface area contributed by atoms with Gasteiger partial charge in [0.2, 0.25) is 0 Å². The first kappa shape index (κ1) is 13.2. The Morgan fingerprint density at radius 2 is 2.19 bits per heavy atom. The monoisotopic (exact) mass is 285 g/mol. The van der Waals surface area contributed by atoms with E-state index in [1.165, 1.54) is 0 Å². The average Bonchev–Trinajstić information content (AvgIpc) is 2.28. The van der Waals surface area contributed by atoms with Gasteiger partial charge in [-0.05, 0) is 31.5 Å². The lowest BCUT2D eigenvalue weighted by Crippen LogP contribution is -2.33. The Bertz CT molecular complexity index is 379. The maximum atomic E-state index is 12.0. The zero-order valence-corrected chi connectivity index (χ0v) is 11.1. The number of amides is 1. The van der Waals surface area contributed by atoms with Crippen molar-refractivity contribution >= 4 is 21.8 Å². The van der Waals surface area contributed by atoms with E-state index < -0.39 is 0 Å². The lowest BCUT2D eigenvalue weighted by Gasteiger charge is -2.19. The highest BCUT2D eigenvalue weighted by Gasteiger charge is 2.13. The minimum absolute atomic E-state index is 0.00733. The summed E-state index contributed by atoms with van der Waals surface area (Å²) in [7, 11) is 0. The number of carbonyl (C=O) groups excluding carboxylic acids is 1. The zero-order valence-electron chi connectivity index (χ0n) is 9.53. The van der Waals surface area contributed by atoms with Gasteiger partial charge in [0.1, 0.15) is 0 Å². The fourth-order valence-corrected chi connectivity index (χ4v) is 1.81. The summed E-state index contributed by atoms with van der Waals surface area (Å²) in [4.78, 5) is 13.6. The zero-order chi connectivity index (χ0) is 12.1. The maximum Gasteiger partial charge on any atom is 0.253 e. The van der Waals surface area contributed by atoms with Crippen LogP contribution in [0.5, 0.6) is 0 Å². The van der Waals surface area contributed by atoms with Crippen LogP contribution in [0.2, 0.25) is 0 Å².